The summed E-state index contributed by atoms with van der Waals surface area (Å²) < 4.78 is 0. The normalized spacial score (nSPS) is 11.6. The molecule has 3 heteroatoms. The minimum atomic E-state index is 0.648. The number of rotatable bonds is 5. The third-order valence-electron chi connectivity index (χ3n) is 9.90. The standard InChI is InChI=1S/C47H29N3/c1-3-13-33(14-4-1)45-48-46(34-15-5-2-6-16-34)50-47(49-45)42-27-26-30-12-7-8-17-36(30)43(42)32-24-22-31(23-25-32)35-28-29-41-38-19-10-9-18-37(38)40-21-11-20-39(35)44(40)41/h1-29H. The Balaban J connectivity index is 1.14. The number of hydrogen-bond donors (Lipinski definition) is 0. The Hall–Kier alpha value is -6.71. The molecule has 0 radical (unpaired) electrons. The summed E-state index contributed by atoms with van der Waals surface area (Å²) in [5, 5.41) is 4.94. The van der Waals surface area contributed by atoms with Gasteiger partial charge in [0.25, 0.3) is 0 Å². The average Bonchev–Trinajstić information content (AvgIpc) is 3.53. The molecule has 1 aliphatic carbocycles. The maximum atomic E-state index is 5.11. The van der Waals surface area contributed by atoms with Crippen LogP contribution in [-0.2, 0) is 0 Å². The first kappa shape index (κ1) is 28.3. The van der Waals surface area contributed by atoms with E-state index in [1.807, 2.05) is 60.7 Å². The van der Waals surface area contributed by atoms with Crippen molar-refractivity contribution in [1.82, 2.24) is 15.0 Å². The van der Waals surface area contributed by atoms with Gasteiger partial charge in [0.1, 0.15) is 0 Å². The monoisotopic (exact) mass is 635 g/mol. The largest absolute Gasteiger partial charge is 0.208 e. The second-order valence-corrected chi connectivity index (χ2v) is 12.8. The lowest BCUT2D eigenvalue weighted by molar-refractivity contribution is 1.07. The van der Waals surface area contributed by atoms with Gasteiger partial charge in [-0.25, -0.2) is 15.0 Å². The molecular formula is C47H29N3. The molecule has 0 N–H and O–H groups in total. The predicted molar refractivity (Wildman–Crippen MR) is 206 cm³/mol. The zero-order chi connectivity index (χ0) is 33.0. The van der Waals surface area contributed by atoms with Crippen LogP contribution in [0.4, 0.5) is 0 Å². The van der Waals surface area contributed by atoms with Crippen LogP contribution in [0.25, 0.3) is 100 Å². The lowest BCUT2D eigenvalue weighted by Crippen LogP contribution is -2.01. The SMILES string of the molecule is c1ccc(-c2nc(-c3ccccc3)nc(-c3ccc4ccccc4c3-c3ccc(-c4ccc5c6c(cccc46)-c4ccccc4-5)cc3)n2)cc1. The molecule has 0 bridgehead atoms. The van der Waals surface area contributed by atoms with Crippen LogP contribution >= 0.6 is 0 Å². The molecule has 3 nitrogen and oxygen atoms in total. The Morgan fingerprint density at radius 2 is 0.760 bits per heavy atom. The molecular weight excluding hydrogens is 607 g/mol. The van der Waals surface area contributed by atoms with Crippen LogP contribution in [0.3, 0.4) is 0 Å². The predicted octanol–water partition coefficient (Wildman–Crippen LogP) is 12.2. The third kappa shape index (κ3) is 4.56. The van der Waals surface area contributed by atoms with E-state index in [-0.39, 0.29) is 0 Å². The van der Waals surface area contributed by atoms with Gasteiger partial charge in [-0.15, -0.1) is 0 Å². The molecule has 1 aliphatic rings. The zero-order valence-electron chi connectivity index (χ0n) is 27.1. The van der Waals surface area contributed by atoms with E-state index >= 15 is 0 Å². The van der Waals surface area contributed by atoms with Crippen LogP contribution in [0.15, 0.2) is 176 Å². The Kier molecular flexibility index (Phi) is 6.49. The highest BCUT2D eigenvalue weighted by atomic mass is 15.0. The minimum Gasteiger partial charge on any atom is -0.208 e. The smallest absolute Gasteiger partial charge is 0.164 e. The maximum absolute atomic E-state index is 5.11. The number of nitrogens with zero attached hydrogens (tertiary/aromatic N) is 3. The molecule has 0 aliphatic heterocycles. The van der Waals surface area contributed by atoms with Crippen molar-refractivity contribution < 1.29 is 0 Å². The summed E-state index contributed by atoms with van der Waals surface area (Å²) in [6.45, 7) is 0. The fourth-order valence-corrected chi connectivity index (χ4v) is 7.57. The van der Waals surface area contributed by atoms with Crippen molar-refractivity contribution in [3.63, 3.8) is 0 Å². The van der Waals surface area contributed by atoms with E-state index in [1.165, 1.54) is 49.5 Å². The van der Waals surface area contributed by atoms with Gasteiger partial charge in [0, 0.05) is 22.3 Å². The van der Waals surface area contributed by atoms with Gasteiger partial charge >= 0.3 is 0 Å². The number of benzene rings is 8. The van der Waals surface area contributed by atoms with Crippen molar-refractivity contribution in [1.29, 1.82) is 0 Å². The van der Waals surface area contributed by atoms with Gasteiger partial charge < -0.3 is 0 Å². The molecule has 0 spiro atoms. The van der Waals surface area contributed by atoms with E-state index in [2.05, 4.69) is 115 Å². The average molecular weight is 636 g/mol. The molecule has 232 valence electrons. The van der Waals surface area contributed by atoms with Crippen LogP contribution in [-0.4, -0.2) is 15.0 Å². The number of fused-ring (bicyclic) bond motifs is 4. The van der Waals surface area contributed by atoms with Crippen LogP contribution in [0.2, 0.25) is 0 Å². The highest BCUT2D eigenvalue weighted by molar-refractivity contribution is 6.18. The summed E-state index contributed by atoms with van der Waals surface area (Å²) in [5.74, 6) is 1.95. The lowest BCUT2D eigenvalue weighted by Gasteiger charge is -2.15. The van der Waals surface area contributed by atoms with Gasteiger partial charge in [-0.2, -0.15) is 0 Å². The summed E-state index contributed by atoms with van der Waals surface area (Å²) >= 11 is 0. The van der Waals surface area contributed by atoms with Crippen molar-refractivity contribution in [3.8, 4) is 78.7 Å². The molecule has 1 heterocycles. The van der Waals surface area contributed by atoms with Crippen molar-refractivity contribution >= 4 is 21.5 Å². The van der Waals surface area contributed by atoms with E-state index in [0.717, 1.165) is 33.2 Å². The van der Waals surface area contributed by atoms with E-state index < -0.39 is 0 Å². The second-order valence-electron chi connectivity index (χ2n) is 12.8. The summed E-state index contributed by atoms with van der Waals surface area (Å²) in [7, 11) is 0. The molecule has 9 aromatic rings. The quantitative estimate of drug-likeness (QED) is 0.189. The Labute approximate surface area is 290 Å². The highest BCUT2D eigenvalue weighted by Gasteiger charge is 2.23. The zero-order valence-corrected chi connectivity index (χ0v) is 27.1. The summed E-state index contributed by atoms with van der Waals surface area (Å²) in [4.78, 5) is 15.2. The number of hydrogen-bond acceptors (Lipinski definition) is 3. The van der Waals surface area contributed by atoms with Gasteiger partial charge in [-0.3, -0.25) is 0 Å². The highest BCUT2D eigenvalue weighted by Crippen LogP contribution is 2.49. The molecule has 0 unspecified atom stereocenters. The Bertz CT molecular complexity index is 2650. The third-order valence-corrected chi connectivity index (χ3v) is 9.90. The number of aromatic nitrogens is 3. The van der Waals surface area contributed by atoms with Crippen molar-refractivity contribution in [2.24, 2.45) is 0 Å². The molecule has 50 heavy (non-hydrogen) atoms. The van der Waals surface area contributed by atoms with Crippen LogP contribution in [0.5, 0.6) is 0 Å². The molecule has 1 aromatic heterocycles. The van der Waals surface area contributed by atoms with Gasteiger partial charge in [0.05, 0.1) is 0 Å². The molecule has 10 rings (SSSR count). The first-order valence-electron chi connectivity index (χ1n) is 17.0. The molecule has 0 saturated carbocycles. The molecule has 0 saturated heterocycles. The Morgan fingerprint density at radius 3 is 1.46 bits per heavy atom. The van der Waals surface area contributed by atoms with Gasteiger partial charge in [0.15, 0.2) is 17.5 Å². The van der Waals surface area contributed by atoms with Gasteiger partial charge in [0.2, 0.25) is 0 Å². The van der Waals surface area contributed by atoms with E-state index in [1.54, 1.807) is 0 Å². The topological polar surface area (TPSA) is 38.7 Å². The fraction of sp³-hybridized carbons (Fsp3) is 0. The molecule has 0 fully saturated rings. The van der Waals surface area contributed by atoms with Crippen molar-refractivity contribution in [3.05, 3.63) is 176 Å². The van der Waals surface area contributed by atoms with E-state index in [9.17, 15) is 0 Å². The summed E-state index contributed by atoms with van der Waals surface area (Å²) in [6.07, 6.45) is 0. The summed E-state index contributed by atoms with van der Waals surface area (Å²) in [6, 6.07) is 62.2. The maximum Gasteiger partial charge on any atom is 0.164 e. The first-order valence-corrected chi connectivity index (χ1v) is 17.0. The van der Waals surface area contributed by atoms with Crippen LogP contribution in [0.1, 0.15) is 0 Å². The summed E-state index contributed by atoms with van der Waals surface area (Å²) in [5.41, 5.74) is 12.8. The van der Waals surface area contributed by atoms with Gasteiger partial charge in [-0.1, -0.05) is 170 Å². The first-order chi connectivity index (χ1) is 24.8. The fourth-order valence-electron chi connectivity index (χ4n) is 7.57. The Morgan fingerprint density at radius 1 is 0.260 bits per heavy atom. The van der Waals surface area contributed by atoms with Crippen molar-refractivity contribution in [2.45, 2.75) is 0 Å². The molecule has 0 atom stereocenters. The lowest BCUT2D eigenvalue weighted by atomic mass is 9.90. The van der Waals surface area contributed by atoms with Crippen LogP contribution < -0.4 is 0 Å². The minimum absolute atomic E-state index is 0.648. The second kappa shape index (κ2) is 11.5. The molecule has 0 amide bonds. The molecule has 8 aromatic carbocycles. The van der Waals surface area contributed by atoms with Crippen molar-refractivity contribution in [2.75, 3.05) is 0 Å². The van der Waals surface area contributed by atoms with Crippen LogP contribution in [0, 0.1) is 0 Å². The van der Waals surface area contributed by atoms with Gasteiger partial charge in [-0.05, 0) is 66.6 Å². The van der Waals surface area contributed by atoms with E-state index in [0.29, 0.717) is 17.5 Å². The van der Waals surface area contributed by atoms with E-state index in [4.69, 9.17) is 15.0 Å².